The summed E-state index contributed by atoms with van der Waals surface area (Å²) >= 11 is 0. The van der Waals surface area contributed by atoms with Gasteiger partial charge < -0.3 is 19.1 Å². The van der Waals surface area contributed by atoms with E-state index in [1.54, 1.807) is 56.7 Å². The van der Waals surface area contributed by atoms with E-state index < -0.39 is 0 Å². The minimum Gasteiger partial charge on any atom is -0.494 e. The van der Waals surface area contributed by atoms with Gasteiger partial charge in [0, 0.05) is 13.1 Å². The average Bonchev–Trinajstić information content (AvgIpc) is 3.09. The molecule has 1 fully saturated rings. The number of hydrogen-bond donors (Lipinski definition) is 0. The van der Waals surface area contributed by atoms with E-state index in [1.807, 2.05) is 6.92 Å². The molecule has 2 heterocycles. The van der Waals surface area contributed by atoms with E-state index in [0.717, 1.165) is 25.9 Å². The molecule has 0 saturated carbocycles. The molecule has 0 radical (unpaired) electrons. The van der Waals surface area contributed by atoms with E-state index >= 15 is 0 Å². The zero-order valence-electron chi connectivity index (χ0n) is 19.6. The Morgan fingerprint density at radius 2 is 1.58 bits per heavy atom. The Bertz CT molecular complexity index is 1070. The van der Waals surface area contributed by atoms with Crippen molar-refractivity contribution in [1.82, 2.24) is 4.90 Å². The van der Waals surface area contributed by atoms with E-state index in [9.17, 15) is 9.59 Å². The number of hydrogen-bond acceptors (Lipinski definition) is 6. The van der Waals surface area contributed by atoms with Gasteiger partial charge in [-0.25, -0.2) is 4.90 Å². The number of piperidine rings is 1. The van der Waals surface area contributed by atoms with Crippen molar-refractivity contribution >= 4 is 23.1 Å². The van der Waals surface area contributed by atoms with Crippen LogP contribution in [0, 0.1) is 5.92 Å². The fourth-order valence-corrected chi connectivity index (χ4v) is 4.39. The lowest BCUT2D eigenvalue weighted by Gasteiger charge is -2.32. The largest absolute Gasteiger partial charge is 0.494 e. The summed E-state index contributed by atoms with van der Waals surface area (Å²) in [5, 5.41) is 0. The number of carbonyl (C=O) groups is 2. The first-order valence-corrected chi connectivity index (χ1v) is 11.3. The molecule has 7 nitrogen and oxygen atoms in total. The van der Waals surface area contributed by atoms with Crippen molar-refractivity contribution in [2.45, 2.75) is 26.7 Å². The Morgan fingerprint density at radius 1 is 0.909 bits per heavy atom. The van der Waals surface area contributed by atoms with Crippen molar-refractivity contribution in [3.8, 4) is 17.2 Å². The summed E-state index contributed by atoms with van der Waals surface area (Å²) in [6.07, 6.45) is 1.96. The maximum absolute atomic E-state index is 13.7. The number of rotatable bonds is 7. The molecule has 33 heavy (non-hydrogen) atoms. The third kappa shape index (κ3) is 4.27. The molecule has 1 saturated heterocycles. The Balaban J connectivity index is 1.78. The van der Waals surface area contributed by atoms with Crippen molar-refractivity contribution in [3.63, 3.8) is 0 Å². The molecule has 0 unspecified atom stereocenters. The Hall–Kier alpha value is -3.48. The van der Waals surface area contributed by atoms with E-state index in [2.05, 4.69) is 11.8 Å². The van der Waals surface area contributed by atoms with Crippen LogP contribution in [0.15, 0.2) is 48.2 Å². The molecule has 174 valence electrons. The molecule has 0 aromatic heterocycles. The van der Waals surface area contributed by atoms with Crippen molar-refractivity contribution in [2.75, 3.05) is 38.8 Å². The number of ether oxygens (including phenoxy) is 3. The van der Waals surface area contributed by atoms with Crippen LogP contribution < -0.4 is 19.1 Å². The van der Waals surface area contributed by atoms with Crippen LogP contribution in [0.4, 0.5) is 5.69 Å². The molecule has 2 amide bonds. The smallest absolute Gasteiger partial charge is 0.282 e. The van der Waals surface area contributed by atoms with Crippen LogP contribution in [-0.4, -0.2) is 50.6 Å². The van der Waals surface area contributed by atoms with Crippen LogP contribution in [0.1, 0.15) is 32.3 Å². The number of nitrogens with zero attached hydrogens (tertiary/aromatic N) is 2. The maximum Gasteiger partial charge on any atom is 0.282 e. The summed E-state index contributed by atoms with van der Waals surface area (Å²) < 4.78 is 16.3. The summed E-state index contributed by atoms with van der Waals surface area (Å²) in [6.45, 7) is 6.15. The molecule has 7 heteroatoms. The van der Waals surface area contributed by atoms with Crippen molar-refractivity contribution < 1.29 is 23.8 Å². The summed E-state index contributed by atoms with van der Waals surface area (Å²) in [5.41, 5.74) is 2.00. The van der Waals surface area contributed by atoms with Gasteiger partial charge >= 0.3 is 0 Å². The van der Waals surface area contributed by atoms with Gasteiger partial charge in [0.15, 0.2) is 11.5 Å². The summed E-state index contributed by atoms with van der Waals surface area (Å²) in [5.74, 6) is 1.72. The molecule has 2 aliphatic rings. The van der Waals surface area contributed by atoms with Gasteiger partial charge in [-0.2, -0.15) is 0 Å². The van der Waals surface area contributed by atoms with Crippen molar-refractivity contribution in [1.29, 1.82) is 0 Å². The van der Waals surface area contributed by atoms with Crippen molar-refractivity contribution in [3.05, 3.63) is 53.7 Å². The second kappa shape index (κ2) is 9.57. The second-order valence-corrected chi connectivity index (χ2v) is 8.34. The molecule has 2 aromatic rings. The predicted molar refractivity (Wildman–Crippen MR) is 127 cm³/mol. The number of benzene rings is 2. The third-order valence-electron chi connectivity index (χ3n) is 6.24. The molecule has 2 aromatic carbocycles. The first-order chi connectivity index (χ1) is 16.0. The summed E-state index contributed by atoms with van der Waals surface area (Å²) in [4.78, 5) is 30.7. The van der Waals surface area contributed by atoms with Crippen molar-refractivity contribution in [2.24, 2.45) is 5.92 Å². The number of imide groups is 1. The molecule has 0 spiro atoms. The molecular weight excluding hydrogens is 420 g/mol. The van der Waals surface area contributed by atoms with Crippen LogP contribution in [0.5, 0.6) is 17.2 Å². The Morgan fingerprint density at radius 3 is 2.18 bits per heavy atom. The molecule has 0 atom stereocenters. The second-order valence-electron chi connectivity index (χ2n) is 8.34. The van der Waals surface area contributed by atoms with Crippen LogP contribution in [0.3, 0.4) is 0 Å². The van der Waals surface area contributed by atoms with Gasteiger partial charge in [0.2, 0.25) is 0 Å². The first-order valence-electron chi connectivity index (χ1n) is 11.3. The minimum absolute atomic E-state index is 0.302. The van der Waals surface area contributed by atoms with Crippen LogP contribution in [-0.2, 0) is 9.59 Å². The zero-order chi connectivity index (χ0) is 23.5. The van der Waals surface area contributed by atoms with Gasteiger partial charge in [0.1, 0.15) is 11.4 Å². The number of likely N-dealkylation sites (tertiary alicyclic amines) is 1. The Kier molecular flexibility index (Phi) is 6.58. The van der Waals surface area contributed by atoms with Crippen LogP contribution in [0.2, 0.25) is 0 Å². The van der Waals surface area contributed by atoms with Gasteiger partial charge in [-0.1, -0.05) is 13.0 Å². The third-order valence-corrected chi connectivity index (χ3v) is 6.24. The number of carbonyl (C=O) groups excluding carboxylic acids is 2. The van der Waals surface area contributed by atoms with E-state index in [-0.39, 0.29) is 11.8 Å². The number of amides is 2. The maximum atomic E-state index is 13.7. The highest BCUT2D eigenvalue weighted by molar-refractivity contribution is 6.45. The molecule has 0 N–H and O–H groups in total. The number of methoxy groups -OCH3 is 2. The Labute approximate surface area is 194 Å². The van der Waals surface area contributed by atoms with E-state index in [4.69, 9.17) is 14.2 Å². The molecule has 4 rings (SSSR count). The predicted octanol–water partition coefficient (Wildman–Crippen LogP) is 4.12. The highest BCUT2D eigenvalue weighted by Gasteiger charge is 2.43. The first kappa shape index (κ1) is 22.7. The highest BCUT2D eigenvalue weighted by atomic mass is 16.5. The molecule has 0 aliphatic carbocycles. The molecular formula is C26H30N2O5. The molecule has 0 bridgehead atoms. The monoisotopic (exact) mass is 450 g/mol. The topological polar surface area (TPSA) is 68.3 Å². The summed E-state index contributed by atoms with van der Waals surface area (Å²) in [7, 11) is 3.12. The zero-order valence-corrected chi connectivity index (χ0v) is 19.6. The lowest BCUT2D eigenvalue weighted by Crippen LogP contribution is -2.38. The fraction of sp³-hybridized carbons (Fsp3) is 0.385. The molecule has 2 aliphatic heterocycles. The van der Waals surface area contributed by atoms with Crippen LogP contribution in [0.25, 0.3) is 5.57 Å². The van der Waals surface area contributed by atoms with Gasteiger partial charge in [-0.3, -0.25) is 9.59 Å². The minimum atomic E-state index is -0.343. The van der Waals surface area contributed by atoms with E-state index in [1.165, 1.54) is 4.90 Å². The van der Waals surface area contributed by atoms with Gasteiger partial charge in [-0.05, 0) is 67.6 Å². The normalized spacial score (nSPS) is 17.1. The average molecular weight is 451 g/mol. The standard InChI is InChI=1S/C26H30N2O5/c1-5-33-20-9-7-19(8-10-20)28-25(29)23(18-6-11-21(31-3)22(16-18)32-4)24(26(28)30)27-14-12-17(2)13-15-27/h6-11,16-17H,5,12-15H2,1-4H3. The quantitative estimate of drug-likeness (QED) is 0.591. The SMILES string of the molecule is CCOc1ccc(N2C(=O)C(c3ccc(OC)c(OC)c3)=C(N3CCC(C)CC3)C2=O)cc1. The lowest BCUT2D eigenvalue weighted by molar-refractivity contribution is -0.120. The van der Waals surface area contributed by atoms with Gasteiger partial charge in [0.05, 0.1) is 32.1 Å². The lowest BCUT2D eigenvalue weighted by atomic mass is 9.97. The van der Waals surface area contributed by atoms with Crippen LogP contribution >= 0.6 is 0 Å². The highest BCUT2D eigenvalue weighted by Crippen LogP contribution is 2.39. The van der Waals surface area contributed by atoms with Gasteiger partial charge in [-0.15, -0.1) is 0 Å². The fourth-order valence-electron chi connectivity index (χ4n) is 4.39. The van der Waals surface area contributed by atoms with E-state index in [0.29, 0.717) is 52.3 Å². The summed E-state index contributed by atoms with van der Waals surface area (Å²) in [6, 6.07) is 12.4. The number of anilines is 1. The van der Waals surface area contributed by atoms with Gasteiger partial charge in [0.25, 0.3) is 11.8 Å².